The lowest BCUT2D eigenvalue weighted by molar-refractivity contribution is -0.384. The van der Waals surface area contributed by atoms with Gasteiger partial charge in [0, 0.05) is 24.2 Å². The molecule has 1 fully saturated rings. The number of nitro benzene ring substituents is 1. The summed E-state index contributed by atoms with van der Waals surface area (Å²) in [5.41, 5.74) is 1.60. The van der Waals surface area contributed by atoms with Crippen molar-refractivity contribution in [2.45, 2.75) is 53.3 Å². The van der Waals surface area contributed by atoms with Gasteiger partial charge in [0.25, 0.3) is 11.6 Å². The standard InChI is InChI=1S/C25H28BrN3O5S/c1-6-33-21-12-18(13-22-24(30)28(16(4)5)25(35-22)27-15(2)3)11-20(26)23(21)34-14-17-7-9-19(10-8-17)29(31)32/h7-13,15-16H,6,14H2,1-5H3/b22-13+,27-25?. The normalized spacial score (nSPS) is 16.1. The number of hydrogen-bond donors (Lipinski definition) is 0. The van der Waals surface area contributed by atoms with Gasteiger partial charge in [0.15, 0.2) is 16.7 Å². The van der Waals surface area contributed by atoms with Gasteiger partial charge in [-0.3, -0.25) is 24.8 Å². The van der Waals surface area contributed by atoms with Crippen LogP contribution < -0.4 is 9.47 Å². The van der Waals surface area contributed by atoms with Gasteiger partial charge in [-0.2, -0.15) is 0 Å². The first-order valence-corrected chi connectivity index (χ1v) is 12.8. The monoisotopic (exact) mass is 561 g/mol. The Balaban J connectivity index is 1.87. The molecule has 0 spiro atoms. The number of carbonyl (C=O) groups excluding carboxylic acids is 1. The van der Waals surface area contributed by atoms with Crippen molar-refractivity contribution in [2.75, 3.05) is 6.61 Å². The maximum Gasteiger partial charge on any atom is 0.269 e. The van der Waals surface area contributed by atoms with E-state index in [1.165, 1.54) is 23.9 Å². The van der Waals surface area contributed by atoms with E-state index < -0.39 is 4.92 Å². The fraction of sp³-hybridized carbons (Fsp3) is 0.360. The summed E-state index contributed by atoms with van der Waals surface area (Å²) < 4.78 is 12.5. The van der Waals surface area contributed by atoms with E-state index in [1.807, 2.05) is 52.8 Å². The summed E-state index contributed by atoms with van der Waals surface area (Å²) in [7, 11) is 0. The van der Waals surface area contributed by atoms with E-state index in [-0.39, 0.29) is 30.3 Å². The van der Waals surface area contributed by atoms with Crippen molar-refractivity contribution in [1.29, 1.82) is 0 Å². The van der Waals surface area contributed by atoms with Crippen LogP contribution >= 0.6 is 27.7 Å². The number of nitro groups is 1. The van der Waals surface area contributed by atoms with Crippen LogP contribution in [-0.2, 0) is 11.4 Å². The van der Waals surface area contributed by atoms with Gasteiger partial charge in [0.2, 0.25) is 0 Å². The summed E-state index contributed by atoms with van der Waals surface area (Å²) in [6.45, 7) is 10.4. The first-order chi connectivity index (χ1) is 16.6. The number of aliphatic imine (C=N–C) groups is 1. The summed E-state index contributed by atoms with van der Waals surface area (Å²) in [4.78, 5) is 30.4. The maximum atomic E-state index is 13.1. The summed E-state index contributed by atoms with van der Waals surface area (Å²) in [5.74, 6) is 0.975. The summed E-state index contributed by atoms with van der Waals surface area (Å²) in [5, 5.41) is 11.6. The predicted molar refractivity (Wildman–Crippen MR) is 143 cm³/mol. The van der Waals surface area contributed by atoms with Crippen LogP contribution in [0.4, 0.5) is 5.69 Å². The van der Waals surface area contributed by atoms with Crippen LogP contribution in [0.1, 0.15) is 45.7 Å². The molecule has 186 valence electrons. The van der Waals surface area contributed by atoms with Gasteiger partial charge >= 0.3 is 0 Å². The lowest BCUT2D eigenvalue weighted by Gasteiger charge is -2.20. The topological polar surface area (TPSA) is 94.3 Å². The van der Waals surface area contributed by atoms with Crippen LogP contribution in [0.25, 0.3) is 6.08 Å². The Morgan fingerprint density at radius 2 is 1.86 bits per heavy atom. The van der Waals surface area contributed by atoms with E-state index in [0.29, 0.717) is 32.7 Å². The molecule has 0 radical (unpaired) electrons. The van der Waals surface area contributed by atoms with Gasteiger partial charge in [0.1, 0.15) is 6.61 Å². The Morgan fingerprint density at radius 1 is 1.17 bits per heavy atom. The number of nitrogens with zero attached hydrogens (tertiary/aromatic N) is 3. The third-order valence-corrected chi connectivity index (χ3v) is 6.47. The molecule has 2 aromatic carbocycles. The third kappa shape index (κ3) is 6.64. The maximum absolute atomic E-state index is 13.1. The fourth-order valence-electron chi connectivity index (χ4n) is 3.35. The first-order valence-electron chi connectivity index (χ1n) is 11.2. The Hall–Kier alpha value is -2.85. The van der Waals surface area contributed by atoms with E-state index in [1.54, 1.807) is 17.0 Å². The van der Waals surface area contributed by atoms with Crippen molar-refractivity contribution in [3.63, 3.8) is 0 Å². The molecule has 2 aromatic rings. The van der Waals surface area contributed by atoms with Gasteiger partial charge in [-0.1, -0.05) is 0 Å². The molecule has 1 saturated heterocycles. The van der Waals surface area contributed by atoms with E-state index in [2.05, 4.69) is 20.9 Å². The highest BCUT2D eigenvalue weighted by Crippen LogP contribution is 2.40. The van der Waals surface area contributed by atoms with Gasteiger partial charge in [-0.25, -0.2) is 0 Å². The molecule has 8 nitrogen and oxygen atoms in total. The molecule has 0 N–H and O–H groups in total. The van der Waals surface area contributed by atoms with Crippen LogP contribution in [-0.4, -0.2) is 39.6 Å². The molecule has 0 aromatic heterocycles. The Kier molecular flexibility index (Phi) is 8.96. The van der Waals surface area contributed by atoms with Gasteiger partial charge in [-0.15, -0.1) is 0 Å². The predicted octanol–water partition coefficient (Wildman–Crippen LogP) is 6.42. The molecule has 0 bridgehead atoms. The summed E-state index contributed by atoms with van der Waals surface area (Å²) >= 11 is 4.94. The number of carbonyl (C=O) groups is 1. The molecule has 10 heteroatoms. The molecule has 1 heterocycles. The van der Waals surface area contributed by atoms with Crippen LogP contribution in [0.2, 0.25) is 0 Å². The Morgan fingerprint density at radius 3 is 2.43 bits per heavy atom. The van der Waals surface area contributed by atoms with Crippen molar-refractivity contribution in [3.8, 4) is 11.5 Å². The average Bonchev–Trinajstić information content (AvgIpc) is 3.07. The third-order valence-electron chi connectivity index (χ3n) is 4.88. The average molecular weight is 562 g/mol. The number of hydrogen-bond acceptors (Lipinski definition) is 7. The first kappa shape index (κ1) is 26.7. The number of benzene rings is 2. The number of ether oxygens (including phenoxy) is 2. The van der Waals surface area contributed by atoms with Crippen LogP contribution in [0.5, 0.6) is 11.5 Å². The second-order valence-corrected chi connectivity index (χ2v) is 10.2. The van der Waals surface area contributed by atoms with E-state index in [0.717, 1.165) is 11.1 Å². The highest BCUT2D eigenvalue weighted by atomic mass is 79.9. The van der Waals surface area contributed by atoms with Crippen LogP contribution in [0.15, 0.2) is 50.8 Å². The molecule has 3 rings (SSSR count). The minimum Gasteiger partial charge on any atom is -0.490 e. The molecular weight excluding hydrogens is 534 g/mol. The van der Waals surface area contributed by atoms with E-state index in [9.17, 15) is 14.9 Å². The largest absolute Gasteiger partial charge is 0.490 e. The second kappa shape index (κ2) is 11.7. The number of rotatable bonds is 9. The van der Waals surface area contributed by atoms with Gasteiger partial charge < -0.3 is 9.47 Å². The highest BCUT2D eigenvalue weighted by Gasteiger charge is 2.35. The van der Waals surface area contributed by atoms with Crippen molar-refractivity contribution >= 4 is 50.5 Å². The molecule has 0 unspecified atom stereocenters. The minimum atomic E-state index is -0.437. The summed E-state index contributed by atoms with van der Waals surface area (Å²) in [6, 6.07) is 9.98. The minimum absolute atomic E-state index is 0.000631. The van der Waals surface area contributed by atoms with Crippen LogP contribution in [0.3, 0.4) is 0 Å². The summed E-state index contributed by atoms with van der Waals surface area (Å²) in [6.07, 6.45) is 1.83. The van der Waals surface area contributed by atoms with E-state index >= 15 is 0 Å². The zero-order chi connectivity index (χ0) is 25.7. The fourth-order valence-corrected chi connectivity index (χ4v) is 5.15. The zero-order valence-corrected chi connectivity index (χ0v) is 22.7. The van der Waals surface area contributed by atoms with Crippen molar-refractivity contribution in [3.05, 3.63) is 67.0 Å². The molecule has 1 amide bonds. The lowest BCUT2D eigenvalue weighted by Crippen LogP contribution is -2.35. The molecular formula is C25H28BrN3O5S. The van der Waals surface area contributed by atoms with Gasteiger partial charge in [-0.05, 0) is 104 Å². The number of halogens is 1. The molecule has 35 heavy (non-hydrogen) atoms. The zero-order valence-electron chi connectivity index (χ0n) is 20.3. The molecule has 0 atom stereocenters. The van der Waals surface area contributed by atoms with Crippen molar-refractivity contribution in [1.82, 2.24) is 4.90 Å². The second-order valence-electron chi connectivity index (χ2n) is 8.36. The number of non-ortho nitro benzene ring substituents is 1. The number of amides is 1. The van der Waals surface area contributed by atoms with Crippen LogP contribution in [0, 0.1) is 10.1 Å². The smallest absolute Gasteiger partial charge is 0.269 e. The molecule has 1 aliphatic rings. The Bertz CT molecular complexity index is 1160. The Labute approximate surface area is 217 Å². The molecule has 1 aliphatic heterocycles. The molecule has 0 aliphatic carbocycles. The van der Waals surface area contributed by atoms with E-state index in [4.69, 9.17) is 9.47 Å². The quantitative estimate of drug-likeness (QED) is 0.199. The highest BCUT2D eigenvalue weighted by molar-refractivity contribution is 9.10. The number of thioether (sulfide) groups is 1. The lowest BCUT2D eigenvalue weighted by atomic mass is 10.1. The number of amidine groups is 1. The van der Waals surface area contributed by atoms with Gasteiger partial charge in [0.05, 0.1) is 20.9 Å². The molecule has 0 saturated carbocycles. The van der Waals surface area contributed by atoms with Crippen molar-refractivity contribution in [2.24, 2.45) is 4.99 Å². The SMILES string of the molecule is CCOc1cc(/C=C2/SC(=NC(C)C)N(C(C)C)C2=O)cc(Br)c1OCc1ccc([N+](=O)[O-])cc1. The van der Waals surface area contributed by atoms with Crippen molar-refractivity contribution < 1.29 is 19.2 Å².